The highest BCUT2D eigenvalue weighted by atomic mass is 16.3. The van der Waals surface area contributed by atoms with Gasteiger partial charge in [0.1, 0.15) is 11.8 Å². The van der Waals surface area contributed by atoms with Crippen LogP contribution in [0.3, 0.4) is 0 Å². The molecule has 5 heteroatoms. The molecule has 3 aromatic rings. The minimum Gasteiger partial charge on any atom is -0.508 e. The number of fused-ring (bicyclic) bond motifs is 1. The van der Waals surface area contributed by atoms with Gasteiger partial charge in [0.25, 0.3) is 0 Å². The van der Waals surface area contributed by atoms with Gasteiger partial charge in [-0.3, -0.25) is 4.79 Å². The topological polar surface area (TPSA) is 73.4 Å². The van der Waals surface area contributed by atoms with Crippen LogP contribution >= 0.6 is 0 Å². The van der Waals surface area contributed by atoms with E-state index in [1.54, 1.807) is 12.1 Å². The van der Waals surface area contributed by atoms with Crippen molar-refractivity contribution in [2.45, 2.75) is 18.5 Å². The maximum atomic E-state index is 12.6. The Morgan fingerprint density at radius 2 is 1.72 bits per heavy atom. The Kier molecular flexibility index (Phi) is 4.09. The highest BCUT2D eigenvalue weighted by Crippen LogP contribution is 2.30. The summed E-state index contributed by atoms with van der Waals surface area (Å²) in [4.78, 5) is 12.6. The van der Waals surface area contributed by atoms with E-state index in [9.17, 15) is 9.90 Å². The van der Waals surface area contributed by atoms with Crippen molar-refractivity contribution in [2.75, 3.05) is 5.32 Å². The van der Waals surface area contributed by atoms with E-state index in [1.165, 1.54) is 0 Å². The molecule has 2 atom stereocenters. The third kappa shape index (κ3) is 3.07. The number of carbonyl (C=O) groups is 1. The predicted molar refractivity (Wildman–Crippen MR) is 98.1 cm³/mol. The first-order valence-corrected chi connectivity index (χ1v) is 8.30. The van der Waals surface area contributed by atoms with Crippen molar-refractivity contribution in [2.24, 2.45) is 0 Å². The van der Waals surface area contributed by atoms with E-state index in [2.05, 4.69) is 16.2 Å². The third-order valence-corrected chi connectivity index (χ3v) is 4.58. The summed E-state index contributed by atoms with van der Waals surface area (Å²) < 4.78 is 0. The number of benzene rings is 3. The smallest absolute Gasteiger partial charge is 0.242 e. The second-order valence-corrected chi connectivity index (χ2v) is 6.20. The number of rotatable bonds is 3. The fourth-order valence-corrected chi connectivity index (χ4v) is 3.27. The molecule has 1 aliphatic heterocycles. The fraction of sp³-hybridized carbons (Fsp3) is 0.150. The van der Waals surface area contributed by atoms with Gasteiger partial charge in [0.15, 0.2) is 0 Å². The number of anilines is 1. The lowest BCUT2D eigenvalue weighted by Crippen LogP contribution is -2.39. The van der Waals surface area contributed by atoms with Gasteiger partial charge in [0, 0.05) is 16.6 Å². The van der Waals surface area contributed by atoms with E-state index in [0.717, 1.165) is 22.0 Å². The van der Waals surface area contributed by atoms with E-state index in [0.29, 0.717) is 6.42 Å². The summed E-state index contributed by atoms with van der Waals surface area (Å²) in [6, 6.07) is 20.5. The van der Waals surface area contributed by atoms with Crippen LogP contribution in [0.15, 0.2) is 66.7 Å². The number of aromatic hydroxyl groups is 1. The average molecular weight is 333 g/mol. The zero-order valence-corrected chi connectivity index (χ0v) is 13.6. The Morgan fingerprint density at radius 3 is 2.60 bits per heavy atom. The summed E-state index contributed by atoms with van der Waals surface area (Å²) in [5.41, 5.74) is 7.71. The van der Waals surface area contributed by atoms with Crippen molar-refractivity contribution in [3.8, 4) is 5.75 Å². The fourth-order valence-electron chi connectivity index (χ4n) is 3.27. The molecule has 25 heavy (non-hydrogen) atoms. The number of hydrogen-bond donors (Lipinski definition) is 4. The first kappa shape index (κ1) is 15.6. The lowest BCUT2D eigenvalue weighted by molar-refractivity contribution is -0.117. The normalized spacial score (nSPS) is 19.8. The van der Waals surface area contributed by atoms with Crippen LogP contribution in [-0.4, -0.2) is 17.1 Å². The van der Waals surface area contributed by atoms with Crippen molar-refractivity contribution in [1.29, 1.82) is 0 Å². The molecule has 0 saturated carbocycles. The van der Waals surface area contributed by atoms with Crippen molar-refractivity contribution < 1.29 is 9.90 Å². The van der Waals surface area contributed by atoms with E-state index in [1.807, 2.05) is 54.6 Å². The van der Waals surface area contributed by atoms with Crippen LogP contribution < -0.4 is 16.2 Å². The molecule has 5 nitrogen and oxygen atoms in total. The predicted octanol–water partition coefficient (Wildman–Crippen LogP) is 3.09. The summed E-state index contributed by atoms with van der Waals surface area (Å²) in [5.74, 6) is 0.138. The molecule has 0 radical (unpaired) electrons. The number of hydrogen-bond acceptors (Lipinski definition) is 4. The van der Waals surface area contributed by atoms with E-state index >= 15 is 0 Å². The van der Waals surface area contributed by atoms with Crippen LogP contribution in [0.4, 0.5) is 5.69 Å². The molecule has 4 N–H and O–H groups in total. The molecule has 126 valence electrons. The van der Waals surface area contributed by atoms with Crippen molar-refractivity contribution in [1.82, 2.24) is 10.9 Å². The Morgan fingerprint density at radius 1 is 0.960 bits per heavy atom. The first-order chi connectivity index (χ1) is 12.2. The molecule has 3 aromatic carbocycles. The van der Waals surface area contributed by atoms with Crippen molar-refractivity contribution in [3.63, 3.8) is 0 Å². The molecule has 4 rings (SSSR count). The number of phenolic OH excluding ortho intramolecular Hbond substituents is 1. The van der Waals surface area contributed by atoms with Gasteiger partial charge in [-0.2, -0.15) is 0 Å². The quantitative estimate of drug-likeness (QED) is 0.594. The Labute approximate surface area is 145 Å². The molecule has 1 heterocycles. The zero-order valence-electron chi connectivity index (χ0n) is 13.6. The Hall–Kier alpha value is -2.89. The van der Waals surface area contributed by atoms with Crippen LogP contribution in [0.5, 0.6) is 5.75 Å². The molecule has 0 bridgehead atoms. The van der Waals surface area contributed by atoms with Gasteiger partial charge in [-0.05, 0) is 23.9 Å². The Balaban J connectivity index is 1.50. The molecule has 1 fully saturated rings. The molecule has 2 unspecified atom stereocenters. The maximum absolute atomic E-state index is 12.6. The Bertz CT molecular complexity index is 920. The van der Waals surface area contributed by atoms with E-state index < -0.39 is 0 Å². The van der Waals surface area contributed by atoms with Crippen molar-refractivity contribution in [3.05, 3.63) is 72.3 Å². The van der Waals surface area contributed by atoms with Crippen LogP contribution in [0.1, 0.15) is 18.0 Å². The molecule has 1 saturated heterocycles. The van der Waals surface area contributed by atoms with E-state index in [-0.39, 0.29) is 23.7 Å². The monoisotopic (exact) mass is 333 g/mol. The van der Waals surface area contributed by atoms with Gasteiger partial charge in [-0.25, -0.2) is 10.9 Å². The van der Waals surface area contributed by atoms with Gasteiger partial charge >= 0.3 is 0 Å². The standard InChI is InChI=1S/C20H19N3O2/c24-19-11-4-3-9-15(19)17-12-18(23-22-17)20(25)21-16-10-5-7-13-6-1-2-8-14(13)16/h1-11,17-18,22-24H,12H2,(H,21,25). The number of amides is 1. The summed E-state index contributed by atoms with van der Waals surface area (Å²) in [6.07, 6.45) is 0.564. The SMILES string of the molecule is O=C(Nc1cccc2ccccc12)C1CC(c2ccccc2O)NN1. The summed E-state index contributed by atoms with van der Waals surface area (Å²) in [5, 5.41) is 15.1. The summed E-state index contributed by atoms with van der Waals surface area (Å²) in [7, 11) is 0. The number of nitrogens with one attached hydrogen (secondary N) is 3. The third-order valence-electron chi connectivity index (χ3n) is 4.58. The molecule has 0 aliphatic carbocycles. The van der Waals surface area contributed by atoms with Crippen LogP contribution in [0.2, 0.25) is 0 Å². The van der Waals surface area contributed by atoms with Crippen molar-refractivity contribution >= 4 is 22.4 Å². The number of carbonyl (C=O) groups excluding carboxylic acids is 1. The van der Waals surface area contributed by atoms with Crippen LogP contribution in [-0.2, 0) is 4.79 Å². The lowest BCUT2D eigenvalue weighted by Gasteiger charge is -2.13. The minimum absolute atomic E-state index is 0.0956. The molecule has 1 amide bonds. The average Bonchev–Trinajstić information content (AvgIpc) is 3.12. The van der Waals surface area contributed by atoms with Gasteiger partial charge < -0.3 is 10.4 Å². The number of hydrazine groups is 1. The first-order valence-electron chi connectivity index (χ1n) is 8.30. The molecular weight excluding hydrogens is 314 g/mol. The highest BCUT2D eigenvalue weighted by molar-refractivity contribution is 6.03. The zero-order chi connectivity index (χ0) is 17.2. The number of phenols is 1. The van der Waals surface area contributed by atoms with Gasteiger partial charge in [0.2, 0.25) is 5.91 Å². The number of para-hydroxylation sites is 1. The van der Waals surface area contributed by atoms with Gasteiger partial charge in [0.05, 0.1) is 6.04 Å². The van der Waals surface area contributed by atoms with Gasteiger partial charge in [-0.1, -0.05) is 54.6 Å². The largest absolute Gasteiger partial charge is 0.508 e. The summed E-state index contributed by atoms with van der Waals surface area (Å²) >= 11 is 0. The maximum Gasteiger partial charge on any atom is 0.242 e. The second-order valence-electron chi connectivity index (χ2n) is 6.20. The molecule has 1 aliphatic rings. The van der Waals surface area contributed by atoms with Gasteiger partial charge in [-0.15, -0.1) is 0 Å². The van der Waals surface area contributed by atoms with Crippen LogP contribution in [0, 0.1) is 0 Å². The highest BCUT2D eigenvalue weighted by Gasteiger charge is 2.31. The minimum atomic E-state index is -0.372. The van der Waals surface area contributed by atoms with Crippen LogP contribution in [0.25, 0.3) is 10.8 Å². The molecular formula is C20H19N3O2. The molecule has 0 aromatic heterocycles. The molecule has 0 spiro atoms. The van der Waals surface area contributed by atoms with E-state index in [4.69, 9.17) is 0 Å². The lowest BCUT2D eigenvalue weighted by atomic mass is 10.0. The summed E-state index contributed by atoms with van der Waals surface area (Å²) in [6.45, 7) is 0. The second kappa shape index (κ2) is 6.55.